The number of aryl methyl sites for hydroxylation is 1. The molecule has 0 aliphatic carbocycles. The van der Waals surface area contributed by atoms with E-state index in [2.05, 4.69) is 20.4 Å². The van der Waals surface area contributed by atoms with Crippen LogP contribution < -0.4 is 15.8 Å². The van der Waals surface area contributed by atoms with Crippen molar-refractivity contribution >= 4 is 5.82 Å². The van der Waals surface area contributed by atoms with Gasteiger partial charge in [0.2, 0.25) is 0 Å². The van der Waals surface area contributed by atoms with Crippen LogP contribution in [0.2, 0.25) is 0 Å². The van der Waals surface area contributed by atoms with Crippen molar-refractivity contribution in [3.63, 3.8) is 0 Å². The summed E-state index contributed by atoms with van der Waals surface area (Å²) in [7, 11) is 0. The average molecular weight is 430 g/mol. The molecule has 3 heterocycles. The summed E-state index contributed by atoms with van der Waals surface area (Å²) in [6.07, 6.45) is 0. The second-order valence-electron chi connectivity index (χ2n) is 7.80. The highest BCUT2D eigenvalue weighted by atomic mass is 19.1. The predicted molar refractivity (Wildman–Crippen MR) is 123 cm³/mol. The Balaban J connectivity index is 1.70. The highest BCUT2D eigenvalue weighted by molar-refractivity contribution is 5.87. The molecule has 4 aromatic rings. The second-order valence-corrected chi connectivity index (χ2v) is 7.80. The number of hydrogen-bond donors (Lipinski definition) is 2. The maximum Gasteiger partial charge on any atom is 0.271 e. The SMILES string of the molecule is Cc1ccccc1-n1nc(-c2c(N3CCNCC3)n[nH]c2-c2ccc(F)cc2)ccc1=O. The molecule has 0 spiro atoms. The lowest BCUT2D eigenvalue weighted by Gasteiger charge is -2.28. The Hall–Kier alpha value is -3.78. The smallest absolute Gasteiger partial charge is 0.271 e. The van der Waals surface area contributed by atoms with Crippen molar-refractivity contribution in [3.05, 3.63) is 82.4 Å². The van der Waals surface area contributed by atoms with Gasteiger partial charge in [0.1, 0.15) is 5.82 Å². The van der Waals surface area contributed by atoms with Gasteiger partial charge in [0.15, 0.2) is 5.82 Å². The van der Waals surface area contributed by atoms with E-state index in [9.17, 15) is 9.18 Å². The topological polar surface area (TPSA) is 78.8 Å². The molecule has 2 aromatic carbocycles. The normalized spacial score (nSPS) is 14.0. The molecule has 7 nitrogen and oxygen atoms in total. The van der Waals surface area contributed by atoms with Crippen LogP contribution in [0.4, 0.5) is 10.2 Å². The van der Waals surface area contributed by atoms with Crippen molar-refractivity contribution in [2.45, 2.75) is 6.92 Å². The van der Waals surface area contributed by atoms with E-state index in [1.165, 1.54) is 22.9 Å². The molecule has 2 N–H and O–H groups in total. The molecule has 0 bridgehead atoms. The summed E-state index contributed by atoms with van der Waals surface area (Å²) in [5, 5.41) is 15.8. The van der Waals surface area contributed by atoms with Crippen molar-refractivity contribution in [2.24, 2.45) is 0 Å². The third kappa shape index (κ3) is 3.69. The predicted octanol–water partition coefficient (Wildman–Crippen LogP) is 3.15. The fraction of sp³-hybridized carbons (Fsp3) is 0.208. The van der Waals surface area contributed by atoms with Crippen molar-refractivity contribution in [3.8, 4) is 28.2 Å². The molecule has 2 aromatic heterocycles. The molecule has 0 radical (unpaired) electrons. The van der Waals surface area contributed by atoms with Crippen LogP contribution in [0.3, 0.4) is 0 Å². The molecule has 0 unspecified atom stereocenters. The van der Waals surface area contributed by atoms with E-state index in [4.69, 9.17) is 5.10 Å². The minimum atomic E-state index is -0.302. The van der Waals surface area contributed by atoms with Gasteiger partial charge in [-0.1, -0.05) is 18.2 Å². The lowest BCUT2D eigenvalue weighted by molar-refractivity contribution is 0.584. The number of hydrogen-bond acceptors (Lipinski definition) is 5. The summed E-state index contributed by atoms with van der Waals surface area (Å²) in [4.78, 5) is 14.9. The fourth-order valence-electron chi connectivity index (χ4n) is 4.02. The molecule has 1 saturated heterocycles. The first-order valence-electron chi connectivity index (χ1n) is 10.6. The van der Waals surface area contributed by atoms with Crippen LogP contribution in [0.25, 0.3) is 28.2 Å². The first-order valence-corrected chi connectivity index (χ1v) is 10.6. The minimum absolute atomic E-state index is 0.210. The largest absolute Gasteiger partial charge is 0.352 e. The van der Waals surface area contributed by atoms with Crippen LogP contribution >= 0.6 is 0 Å². The van der Waals surface area contributed by atoms with Crippen LogP contribution in [0.15, 0.2) is 65.5 Å². The Morgan fingerprint density at radius 1 is 0.969 bits per heavy atom. The second kappa shape index (κ2) is 8.39. The number of H-pyrrole nitrogens is 1. The van der Waals surface area contributed by atoms with Gasteiger partial charge >= 0.3 is 0 Å². The van der Waals surface area contributed by atoms with Crippen LogP contribution in [0, 0.1) is 12.7 Å². The number of para-hydroxylation sites is 1. The highest BCUT2D eigenvalue weighted by Gasteiger charge is 2.24. The van der Waals surface area contributed by atoms with Gasteiger partial charge in [-0.05, 0) is 48.9 Å². The summed E-state index contributed by atoms with van der Waals surface area (Å²) >= 11 is 0. The zero-order valence-electron chi connectivity index (χ0n) is 17.7. The number of rotatable bonds is 4. The molecule has 1 fully saturated rings. The van der Waals surface area contributed by atoms with E-state index in [-0.39, 0.29) is 11.4 Å². The molecule has 0 saturated carbocycles. The average Bonchev–Trinajstić information content (AvgIpc) is 3.26. The number of benzene rings is 2. The van der Waals surface area contributed by atoms with E-state index >= 15 is 0 Å². The number of piperazine rings is 1. The Morgan fingerprint density at radius 2 is 1.72 bits per heavy atom. The zero-order chi connectivity index (χ0) is 22.1. The maximum atomic E-state index is 13.6. The summed E-state index contributed by atoms with van der Waals surface area (Å²) in [5.41, 5.74) is 4.42. The van der Waals surface area contributed by atoms with E-state index in [0.717, 1.165) is 60.1 Å². The molecule has 1 aliphatic rings. The highest BCUT2D eigenvalue weighted by Crippen LogP contribution is 2.37. The zero-order valence-corrected chi connectivity index (χ0v) is 17.7. The first kappa shape index (κ1) is 20.1. The third-order valence-electron chi connectivity index (χ3n) is 5.70. The fourth-order valence-corrected chi connectivity index (χ4v) is 4.02. The number of anilines is 1. The number of nitrogens with zero attached hydrogens (tertiary/aromatic N) is 4. The molecule has 1 aliphatic heterocycles. The van der Waals surface area contributed by atoms with Crippen LogP contribution in [-0.2, 0) is 0 Å². The van der Waals surface area contributed by atoms with Crippen molar-refractivity contribution < 1.29 is 4.39 Å². The summed E-state index contributed by atoms with van der Waals surface area (Å²) < 4.78 is 15.0. The van der Waals surface area contributed by atoms with Gasteiger partial charge in [-0.3, -0.25) is 9.89 Å². The monoisotopic (exact) mass is 430 g/mol. The number of halogens is 1. The van der Waals surface area contributed by atoms with E-state index < -0.39 is 0 Å². The Labute approximate surface area is 184 Å². The van der Waals surface area contributed by atoms with Crippen LogP contribution in [-0.4, -0.2) is 46.2 Å². The molecule has 162 valence electrons. The van der Waals surface area contributed by atoms with Gasteiger partial charge in [0, 0.05) is 37.8 Å². The number of aromatic amines is 1. The minimum Gasteiger partial charge on any atom is -0.352 e. The lowest BCUT2D eigenvalue weighted by atomic mass is 10.0. The molecule has 32 heavy (non-hydrogen) atoms. The van der Waals surface area contributed by atoms with E-state index in [0.29, 0.717) is 5.69 Å². The van der Waals surface area contributed by atoms with Crippen LogP contribution in [0.1, 0.15) is 5.56 Å². The Bertz CT molecular complexity index is 1300. The Kier molecular flexibility index (Phi) is 5.28. The molecule has 8 heteroatoms. The van der Waals surface area contributed by atoms with Gasteiger partial charge in [0.05, 0.1) is 22.6 Å². The Morgan fingerprint density at radius 3 is 2.47 bits per heavy atom. The van der Waals surface area contributed by atoms with Gasteiger partial charge in [0.25, 0.3) is 5.56 Å². The van der Waals surface area contributed by atoms with Crippen molar-refractivity contribution in [1.82, 2.24) is 25.3 Å². The van der Waals surface area contributed by atoms with E-state index in [1.807, 2.05) is 31.2 Å². The quantitative estimate of drug-likeness (QED) is 0.520. The lowest BCUT2D eigenvalue weighted by Crippen LogP contribution is -2.43. The molecule has 5 rings (SSSR count). The van der Waals surface area contributed by atoms with Crippen LogP contribution in [0.5, 0.6) is 0 Å². The van der Waals surface area contributed by atoms with Gasteiger partial charge in [-0.15, -0.1) is 0 Å². The molecule has 0 amide bonds. The van der Waals surface area contributed by atoms with Gasteiger partial charge in [-0.25, -0.2) is 4.39 Å². The van der Waals surface area contributed by atoms with Gasteiger partial charge < -0.3 is 10.2 Å². The number of nitrogens with one attached hydrogen (secondary N) is 2. The molecular weight excluding hydrogens is 407 g/mol. The van der Waals surface area contributed by atoms with Crippen molar-refractivity contribution in [1.29, 1.82) is 0 Å². The summed E-state index contributed by atoms with van der Waals surface area (Å²) in [6.45, 7) is 5.27. The molecule has 0 atom stereocenters. The summed E-state index contributed by atoms with van der Waals surface area (Å²) in [5.74, 6) is 0.469. The molecular formula is C24H23FN6O. The van der Waals surface area contributed by atoms with Gasteiger partial charge in [-0.2, -0.15) is 14.9 Å². The number of aromatic nitrogens is 4. The first-order chi connectivity index (χ1) is 15.6. The van der Waals surface area contributed by atoms with E-state index in [1.54, 1.807) is 18.2 Å². The third-order valence-corrected chi connectivity index (χ3v) is 5.70. The maximum absolute atomic E-state index is 13.6. The van der Waals surface area contributed by atoms with Crippen molar-refractivity contribution in [2.75, 3.05) is 31.1 Å². The summed E-state index contributed by atoms with van der Waals surface area (Å²) in [6, 6.07) is 17.2. The standard InChI is InChI=1S/C24H23FN6O/c1-16-4-2-3-5-20(16)31-21(32)11-10-19(29-31)22-23(17-6-8-18(25)9-7-17)27-28-24(22)30-14-12-26-13-15-30/h2-11,26H,12-15H2,1H3,(H,27,28).